The molecule has 0 radical (unpaired) electrons. The number of hydrogen-bond donors (Lipinski definition) is 2. The van der Waals surface area contributed by atoms with E-state index in [0.717, 1.165) is 17.6 Å². The first-order valence-corrected chi connectivity index (χ1v) is 7.67. The Kier molecular flexibility index (Phi) is 5.46. The smallest absolute Gasteiger partial charge is 0.255 e. The van der Waals surface area contributed by atoms with E-state index in [1.165, 1.54) is 0 Å². The van der Waals surface area contributed by atoms with Crippen molar-refractivity contribution in [2.24, 2.45) is 0 Å². The molecule has 0 aliphatic carbocycles. The number of carbonyl (C=O) groups excluding carboxylic acids is 2. The highest BCUT2D eigenvalue weighted by Gasteiger charge is 2.17. The van der Waals surface area contributed by atoms with Crippen molar-refractivity contribution in [2.75, 3.05) is 10.6 Å². The number of hydrogen-bond acceptors (Lipinski definition) is 3. The zero-order valence-corrected chi connectivity index (χ0v) is 13.5. The van der Waals surface area contributed by atoms with Crippen LogP contribution in [-0.2, 0) is 16.0 Å². The van der Waals surface area contributed by atoms with Crippen molar-refractivity contribution < 1.29 is 9.59 Å². The molecule has 23 heavy (non-hydrogen) atoms. The molecule has 0 aromatic carbocycles. The molecule has 0 saturated heterocycles. The number of nitrogens with zero attached hydrogens (tertiary/aromatic N) is 1. The molecule has 120 valence electrons. The first-order valence-electron chi connectivity index (χ1n) is 7.67. The van der Waals surface area contributed by atoms with E-state index >= 15 is 0 Å². The Morgan fingerprint density at radius 2 is 2.26 bits per heavy atom. The van der Waals surface area contributed by atoms with Crippen LogP contribution in [0.5, 0.6) is 0 Å². The molecule has 0 spiro atoms. The number of carbonyl (C=O) groups is 2. The molecule has 1 aliphatic heterocycles. The molecule has 0 fully saturated rings. The zero-order valence-electron chi connectivity index (χ0n) is 13.5. The Hall–Kier alpha value is -2.69. The number of pyridine rings is 1. The average molecular weight is 311 g/mol. The lowest BCUT2D eigenvalue weighted by molar-refractivity contribution is -0.116. The molecule has 0 saturated carbocycles. The number of nitrogens with one attached hydrogen (secondary N) is 2. The second-order valence-corrected chi connectivity index (χ2v) is 5.23. The third-order valence-corrected chi connectivity index (χ3v) is 3.65. The predicted molar refractivity (Wildman–Crippen MR) is 92.1 cm³/mol. The molecule has 0 bridgehead atoms. The summed E-state index contributed by atoms with van der Waals surface area (Å²) < 4.78 is 0. The summed E-state index contributed by atoms with van der Waals surface area (Å²) in [6.07, 6.45) is 8.65. The molecule has 1 aromatic heterocycles. The second kappa shape index (κ2) is 7.54. The summed E-state index contributed by atoms with van der Waals surface area (Å²) in [5.41, 5.74) is 3.03. The number of rotatable bonds is 5. The number of amides is 2. The second-order valence-electron chi connectivity index (χ2n) is 5.23. The van der Waals surface area contributed by atoms with Gasteiger partial charge in [0.25, 0.3) is 5.91 Å². The van der Waals surface area contributed by atoms with Gasteiger partial charge in [0, 0.05) is 12.0 Å². The minimum atomic E-state index is -0.193. The molecule has 5 heteroatoms. The summed E-state index contributed by atoms with van der Waals surface area (Å²) >= 11 is 0. The third-order valence-electron chi connectivity index (χ3n) is 3.65. The summed E-state index contributed by atoms with van der Waals surface area (Å²) in [6.45, 7) is 7.62. The van der Waals surface area contributed by atoms with Crippen LogP contribution >= 0.6 is 0 Å². The van der Waals surface area contributed by atoms with E-state index in [4.69, 9.17) is 0 Å². The molecule has 1 aliphatic rings. The normalized spacial score (nSPS) is 14.8. The maximum absolute atomic E-state index is 12.5. The molecule has 0 atom stereocenters. The van der Waals surface area contributed by atoms with Gasteiger partial charge >= 0.3 is 0 Å². The minimum Gasteiger partial charge on any atom is -0.321 e. The molecule has 1 aromatic rings. The van der Waals surface area contributed by atoms with Crippen molar-refractivity contribution >= 4 is 23.3 Å². The van der Waals surface area contributed by atoms with Crippen molar-refractivity contribution in [3.8, 4) is 0 Å². The Morgan fingerprint density at radius 3 is 2.91 bits per heavy atom. The predicted octanol–water partition coefficient (Wildman–Crippen LogP) is 3.37. The van der Waals surface area contributed by atoms with E-state index < -0.39 is 0 Å². The average Bonchev–Trinajstić information content (AvgIpc) is 2.55. The van der Waals surface area contributed by atoms with Crippen LogP contribution in [0.1, 0.15) is 32.3 Å². The van der Waals surface area contributed by atoms with Gasteiger partial charge in [0.05, 0.1) is 11.9 Å². The molecular weight excluding hydrogens is 290 g/mol. The van der Waals surface area contributed by atoms with Crippen LogP contribution in [0.2, 0.25) is 0 Å². The molecule has 5 nitrogen and oxygen atoms in total. The van der Waals surface area contributed by atoms with Crippen LogP contribution in [-0.4, -0.2) is 16.8 Å². The Morgan fingerprint density at radius 1 is 1.48 bits per heavy atom. The van der Waals surface area contributed by atoms with Crippen LogP contribution in [0.4, 0.5) is 11.5 Å². The first kappa shape index (κ1) is 16.7. The topological polar surface area (TPSA) is 71.1 Å². The van der Waals surface area contributed by atoms with Gasteiger partial charge in [-0.1, -0.05) is 31.7 Å². The van der Waals surface area contributed by atoms with E-state index in [2.05, 4.69) is 22.2 Å². The fourth-order valence-corrected chi connectivity index (χ4v) is 2.46. The highest BCUT2D eigenvalue weighted by Crippen LogP contribution is 2.23. The van der Waals surface area contributed by atoms with Gasteiger partial charge in [-0.3, -0.25) is 9.59 Å². The molecule has 2 rings (SSSR count). The summed E-state index contributed by atoms with van der Waals surface area (Å²) in [5, 5.41) is 5.59. The van der Waals surface area contributed by atoms with Crippen molar-refractivity contribution in [2.45, 2.75) is 33.1 Å². The van der Waals surface area contributed by atoms with Gasteiger partial charge in [-0.05, 0) is 37.0 Å². The largest absolute Gasteiger partial charge is 0.321 e. The van der Waals surface area contributed by atoms with Gasteiger partial charge < -0.3 is 10.6 Å². The Balaban J connectivity index is 2.24. The van der Waals surface area contributed by atoms with Gasteiger partial charge in [-0.2, -0.15) is 0 Å². The molecular formula is C18H21N3O2. The number of allylic oxidation sites excluding steroid dienone is 3. The SMILES string of the molecule is C=C/C(CC)=C(\C=C/C)C(=O)Nc1cnc2c(c1)CCC(=O)N2. The maximum Gasteiger partial charge on any atom is 0.255 e. The van der Waals surface area contributed by atoms with Crippen LogP contribution in [0.15, 0.2) is 48.2 Å². The summed E-state index contributed by atoms with van der Waals surface area (Å²) in [4.78, 5) is 28.1. The Labute approximate surface area is 136 Å². The molecule has 2 amide bonds. The molecule has 2 N–H and O–H groups in total. The van der Waals surface area contributed by atoms with Crippen molar-refractivity contribution in [1.82, 2.24) is 4.98 Å². The van der Waals surface area contributed by atoms with Crippen molar-refractivity contribution in [3.63, 3.8) is 0 Å². The van der Waals surface area contributed by atoms with Crippen molar-refractivity contribution in [3.05, 3.63) is 53.8 Å². The van der Waals surface area contributed by atoms with E-state index in [0.29, 0.717) is 29.9 Å². The highest BCUT2D eigenvalue weighted by molar-refractivity contribution is 6.06. The summed E-state index contributed by atoms with van der Waals surface area (Å²) in [7, 11) is 0. The molecule has 2 heterocycles. The van der Waals surface area contributed by atoms with Gasteiger partial charge in [0.2, 0.25) is 5.91 Å². The standard InChI is InChI=1S/C18H21N3O2/c1-4-7-15(12(5-2)6-3)18(23)20-14-10-13-8-9-16(22)21-17(13)19-11-14/h4-5,7,10-11H,2,6,8-9H2,1,3H3,(H,20,23)(H,19,21,22)/b7-4-,15-12-. The fourth-order valence-electron chi connectivity index (χ4n) is 2.46. The van der Waals surface area contributed by atoms with Gasteiger partial charge in [0.15, 0.2) is 0 Å². The van der Waals surface area contributed by atoms with Crippen LogP contribution in [0.25, 0.3) is 0 Å². The van der Waals surface area contributed by atoms with E-state index in [1.807, 2.05) is 26.0 Å². The van der Waals surface area contributed by atoms with E-state index in [-0.39, 0.29) is 11.8 Å². The van der Waals surface area contributed by atoms with Crippen LogP contribution < -0.4 is 10.6 Å². The summed E-state index contributed by atoms with van der Waals surface area (Å²) in [6, 6.07) is 1.85. The monoisotopic (exact) mass is 311 g/mol. The quantitative estimate of drug-likeness (QED) is 0.647. The lowest BCUT2D eigenvalue weighted by atomic mass is 10.0. The molecule has 0 unspecified atom stereocenters. The van der Waals surface area contributed by atoms with Gasteiger partial charge in [0.1, 0.15) is 5.82 Å². The van der Waals surface area contributed by atoms with E-state index in [1.54, 1.807) is 18.3 Å². The van der Waals surface area contributed by atoms with Crippen molar-refractivity contribution in [1.29, 1.82) is 0 Å². The van der Waals surface area contributed by atoms with E-state index in [9.17, 15) is 9.59 Å². The van der Waals surface area contributed by atoms with Gasteiger partial charge in [-0.25, -0.2) is 4.98 Å². The fraction of sp³-hybridized carbons (Fsp3) is 0.278. The lowest BCUT2D eigenvalue weighted by Crippen LogP contribution is -2.21. The first-order chi connectivity index (χ1) is 11.1. The highest BCUT2D eigenvalue weighted by atomic mass is 16.2. The van der Waals surface area contributed by atoms with Gasteiger partial charge in [-0.15, -0.1) is 0 Å². The summed E-state index contributed by atoms with van der Waals surface area (Å²) in [5.74, 6) is 0.351. The number of anilines is 2. The maximum atomic E-state index is 12.5. The van der Waals surface area contributed by atoms with Crippen LogP contribution in [0, 0.1) is 0 Å². The lowest BCUT2D eigenvalue weighted by Gasteiger charge is -2.17. The number of aryl methyl sites for hydroxylation is 1. The van der Waals surface area contributed by atoms with Crippen LogP contribution in [0.3, 0.4) is 0 Å². The third kappa shape index (κ3) is 3.94. The number of aromatic nitrogens is 1. The Bertz CT molecular complexity index is 702. The zero-order chi connectivity index (χ0) is 16.8. The minimum absolute atomic E-state index is 0.0290. The number of fused-ring (bicyclic) bond motifs is 1.